The van der Waals surface area contributed by atoms with Gasteiger partial charge in [0.05, 0.1) is 23.0 Å². The number of aromatic nitrogens is 2. The van der Waals surface area contributed by atoms with Gasteiger partial charge in [-0.1, -0.05) is 0 Å². The Balaban J connectivity index is 2.17. The Morgan fingerprint density at radius 1 is 1.47 bits per heavy atom. The molecule has 2 aromatic rings. The summed E-state index contributed by atoms with van der Waals surface area (Å²) in [7, 11) is 0. The summed E-state index contributed by atoms with van der Waals surface area (Å²) in [5.74, 6) is -0.481. The molecule has 90 valence electrons. The Labute approximate surface area is 103 Å². The van der Waals surface area contributed by atoms with Crippen molar-refractivity contribution in [2.24, 2.45) is 0 Å². The van der Waals surface area contributed by atoms with E-state index in [1.54, 1.807) is 0 Å². The zero-order valence-corrected chi connectivity index (χ0v) is 10.5. The quantitative estimate of drug-likeness (QED) is 0.913. The van der Waals surface area contributed by atoms with Crippen molar-refractivity contribution in [3.05, 3.63) is 45.4 Å². The third-order valence-corrected chi connectivity index (χ3v) is 3.70. The van der Waals surface area contributed by atoms with Gasteiger partial charge in [0.2, 0.25) is 0 Å². The summed E-state index contributed by atoms with van der Waals surface area (Å²) >= 11 is 1.53. The fourth-order valence-corrected chi connectivity index (χ4v) is 2.53. The standard InChI is InChI=1S/C12H13FN2OS/c1-7-8(2)17-12(15-7)5-11(16)9-3-4-14-6-10(9)13/h3-4,6,11,16H,5H2,1-2H3. The second-order valence-electron chi connectivity index (χ2n) is 3.87. The molecule has 2 rings (SSSR count). The summed E-state index contributed by atoms with van der Waals surface area (Å²) in [5.41, 5.74) is 1.23. The maximum Gasteiger partial charge on any atom is 0.147 e. The predicted molar refractivity (Wildman–Crippen MR) is 64.4 cm³/mol. The molecule has 2 heterocycles. The van der Waals surface area contributed by atoms with Crippen LogP contribution in [0.1, 0.15) is 27.2 Å². The average molecular weight is 252 g/mol. The van der Waals surface area contributed by atoms with E-state index in [1.165, 1.54) is 23.6 Å². The number of hydrogen-bond acceptors (Lipinski definition) is 4. The highest BCUT2D eigenvalue weighted by Crippen LogP contribution is 2.24. The third kappa shape index (κ3) is 2.68. The molecule has 5 heteroatoms. The van der Waals surface area contributed by atoms with E-state index in [1.807, 2.05) is 13.8 Å². The molecule has 1 atom stereocenters. The Morgan fingerprint density at radius 2 is 2.24 bits per heavy atom. The first-order valence-corrected chi connectivity index (χ1v) is 6.10. The van der Waals surface area contributed by atoms with Gasteiger partial charge in [-0.15, -0.1) is 11.3 Å². The lowest BCUT2D eigenvalue weighted by Gasteiger charge is -2.09. The molecule has 17 heavy (non-hydrogen) atoms. The molecule has 0 aromatic carbocycles. The topological polar surface area (TPSA) is 46.0 Å². The second-order valence-corrected chi connectivity index (χ2v) is 5.15. The number of aryl methyl sites for hydroxylation is 2. The van der Waals surface area contributed by atoms with E-state index in [2.05, 4.69) is 9.97 Å². The van der Waals surface area contributed by atoms with Crippen LogP contribution in [0, 0.1) is 19.7 Å². The second kappa shape index (κ2) is 4.89. The van der Waals surface area contributed by atoms with Crippen molar-refractivity contribution in [2.45, 2.75) is 26.4 Å². The molecule has 0 amide bonds. The number of halogens is 1. The molecular weight excluding hydrogens is 239 g/mol. The zero-order valence-electron chi connectivity index (χ0n) is 9.64. The zero-order chi connectivity index (χ0) is 12.4. The normalized spacial score (nSPS) is 12.7. The Bertz CT molecular complexity index is 507. The molecular formula is C12H13FN2OS. The summed E-state index contributed by atoms with van der Waals surface area (Å²) in [4.78, 5) is 9.11. The highest BCUT2D eigenvalue weighted by molar-refractivity contribution is 7.11. The van der Waals surface area contributed by atoms with Gasteiger partial charge in [-0.25, -0.2) is 9.37 Å². The first-order chi connectivity index (χ1) is 8.08. The van der Waals surface area contributed by atoms with Crippen molar-refractivity contribution in [1.29, 1.82) is 0 Å². The van der Waals surface area contributed by atoms with Crippen LogP contribution in [-0.4, -0.2) is 15.1 Å². The van der Waals surface area contributed by atoms with Gasteiger partial charge in [0.1, 0.15) is 5.82 Å². The van der Waals surface area contributed by atoms with Crippen LogP contribution in [0.3, 0.4) is 0 Å². The number of thiazole rings is 1. The Kier molecular flexibility index (Phi) is 3.49. The molecule has 3 nitrogen and oxygen atoms in total. The van der Waals surface area contributed by atoms with Gasteiger partial charge in [0, 0.05) is 23.1 Å². The summed E-state index contributed by atoms with van der Waals surface area (Å²) in [6.07, 6.45) is 2.04. The predicted octanol–water partition coefficient (Wildman–Crippen LogP) is 2.57. The summed E-state index contributed by atoms with van der Waals surface area (Å²) in [6, 6.07) is 1.49. The summed E-state index contributed by atoms with van der Waals surface area (Å²) < 4.78 is 13.4. The first-order valence-electron chi connectivity index (χ1n) is 5.28. The van der Waals surface area contributed by atoms with E-state index in [0.717, 1.165) is 21.8 Å². The van der Waals surface area contributed by atoms with Crippen molar-refractivity contribution >= 4 is 11.3 Å². The smallest absolute Gasteiger partial charge is 0.147 e. The van der Waals surface area contributed by atoms with Crippen molar-refractivity contribution in [3.8, 4) is 0 Å². The maximum absolute atomic E-state index is 13.4. The Hall–Kier alpha value is -1.33. The van der Waals surface area contributed by atoms with Gasteiger partial charge in [-0.3, -0.25) is 4.98 Å². The Morgan fingerprint density at radius 3 is 2.82 bits per heavy atom. The number of pyridine rings is 1. The van der Waals surface area contributed by atoms with E-state index >= 15 is 0 Å². The fourth-order valence-electron chi connectivity index (χ4n) is 1.56. The minimum atomic E-state index is -0.872. The van der Waals surface area contributed by atoms with Crippen molar-refractivity contribution < 1.29 is 9.50 Å². The number of nitrogens with zero attached hydrogens (tertiary/aromatic N) is 2. The van der Waals surface area contributed by atoms with Crippen molar-refractivity contribution in [3.63, 3.8) is 0 Å². The van der Waals surface area contributed by atoms with Gasteiger partial charge in [-0.2, -0.15) is 0 Å². The highest BCUT2D eigenvalue weighted by atomic mass is 32.1. The van der Waals surface area contributed by atoms with E-state index in [9.17, 15) is 9.50 Å². The summed E-state index contributed by atoms with van der Waals surface area (Å²) in [5, 5.41) is 10.8. The lowest BCUT2D eigenvalue weighted by atomic mass is 10.1. The molecule has 0 saturated carbocycles. The molecule has 2 aromatic heterocycles. The summed E-state index contributed by atoms with van der Waals surface area (Å²) in [6.45, 7) is 3.91. The van der Waals surface area contributed by atoms with Gasteiger partial charge in [-0.05, 0) is 19.9 Å². The van der Waals surface area contributed by atoms with Gasteiger partial charge in [0.25, 0.3) is 0 Å². The number of hydrogen-bond donors (Lipinski definition) is 1. The van der Waals surface area contributed by atoms with E-state index < -0.39 is 11.9 Å². The molecule has 0 spiro atoms. The average Bonchev–Trinajstić information content (AvgIpc) is 2.58. The molecule has 0 aliphatic carbocycles. The highest BCUT2D eigenvalue weighted by Gasteiger charge is 2.15. The van der Waals surface area contributed by atoms with Crippen molar-refractivity contribution in [1.82, 2.24) is 9.97 Å². The molecule has 0 saturated heterocycles. The molecule has 0 aliphatic heterocycles. The van der Waals surface area contributed by atoms with E-state index in [-0.39, 0.29) is 5.56 Å². The molecule has 0 bridgehead atoms. The lowest BCUT2D eigenvalue weighted by molar-refractivity contribution is 0.173. The lowest BCUT2D eigenvalue weighted by Crippen LogP contribution is -2.04. The van der Waals surface area contributed by atoms with Crippen LogP contribution in [0.5, 0.6) is 0 Å². The maximum atomic E-state index is 13.4. The molecule has 0 radical (unpaired) electrons. The van der Waals surface area contributed by atoms with Crippen LogP contribution >= 0.6 is 11.3 Å². The first kappa shape index (κ1) is 12.1. The van der Waals surface area contributed by atoms with Gasteiger partial charge >= 0.3 is 0 Å². The largest absolute Gasteiger partial charge is 0.388 e. The molecule has 0 fully saturated rings. The number of aliphatic hydroxyl groups excluding tert-OH is 1. The minimum Gasteiger partial charge on any atom is -0.388 e. The molecule has 1 unspecified atom stereocenters. The number of rotatable bonds is 3. The van der Waals surface area contributed by atoms with Gasteiger partial charge < -0.3 is 5.11 Å². The van der Waals surface area contributed by atoms with E-state index in [0.29, 0.717) is 6.42 Å². The van der Waals surface area contributed by atoms with Crippen LogP contribution in [0.4, 0.5) is 4.39 Å². The van der Waals surface area contributed by atoms with E-state index in [4.69, 9.17) is 0 Å². The van der Waals surface area contributed by atoms with Crippen LogP contribution in [0.2, 0.25) is 0 Å². The van der Waals surface area contributed by atoms with Crippen LogP contribution < -0.4 is 0 Å². The van der Waals surface area contributed by atoms with Crippen LogP contribution in [-0.2, 0) is 6.42 Å². The van der Waals surface area contributed by atoms with Crippen LogP contribution in [0.25, 0.3) is 0 Å². The number of aliphatic hydroxyl groups is 1. The van der Waals surface area contributed by atoms with Gasteiger partial charge in [0.15, 0.2) is 0 Å². The molecule has 1 N–H and O–H groups in total. The minimum absolute atomic E-state index is 0.269. The molecule has 0 aliphatic rings. The SMILES string of the molecule is Cc1nc(CC(O)c2ccncc2F)sc1C. The van der Waals surface area contributed by atoms with Crippen LogP contribution in [0.15, 0.2) is 18.5 Å². The van der Waals surface area contributed by atoms with Crippen molar-refractivity contribution in [2.75, 3.05) is 0 Å². The third-order valence-electron chi connectivity index (χ3n) is 2.60. The fraction of sp³-hybridized carbons (Fsp3) is 0.333. The monoisotopic (exact) mass is 252 g/mol.